The van der Waals surface area contributed by atoms with Gasteiger partial charge in [0.25, 0.3) is 0 Å². The third kappa shape index (κ3) is 4.04. The molecular weight excluding hydrogens is 370 g/mol. The Bertz CT molecular complexity index is 971. The van der Waals surface area contributed by atoms with Crippen molar-refractivity contribution < 1.29 is 18.7 Å². The van der Waals surface area contributed by atoms with E-state index < -0.39 is 5.63 Å². The Morgan fingerprint density at radius 1 is 1.21 bits per heavy atom. The number of fused-ring (bicyclic) bond motifs is 2. The first-order chi connectivity index (χ1) is 14.0. The fourth-order valence-electron chi connectivity index (χ4n) is 4.67. The van der Waals surface area contributed by atoms with Crippen LogP contribution in [0.1, 0.15) is 55.2 Å². The molecule has 0 saturated heterocycles. The highest BCUT2D eigenvalue weighted by molar-refractivity contribution is 5.86. The molecule has 1 spiro atoms. The van der Waals surface area contributed by atoms with Crippen molar-refractivity contribution in [2.75, 3.05) is 20.3 Å². The van der Waals surface area contributed by atoms with Gasteiger partial charge in [-0.05, 0) is 62.6 Å². The van der Waals surface area contributed by atoms with Gasteiger partial charge in [-0.25, -0.2) is 4.79 Å². The van der Waals surface area contributed by atoms with E-state index in [2.05, 4.69) is 11.4 Å². The Balaban J connectivity index is 1.63. The van der Waals surface area contributed by atoms with E-state index >= 15 is 0 Å². The van der Waals surface area contributed by atoms with Crippen molar-refractivity contribution in [3.05, 3.63) is 39.2 Å². The van der Waals surface area contributed by atoms with Gasteiger partial charge in [-0.15, -0.1) is 0 Å². The zero-order valence-electron chi connectivity index (χ0n) is 17.3. The van der Waals surface area contributed by atoms with Gasteiger partial charge in [-0.3, -0.25) is 4.79 Å². The summed E-state index contributed by atoms with van der Waals surface area (Å²) in [4.78, 5) is 24.7. The Kier molecular flexibility index (Phi) is 5.63. The van der Waals surface area contributed by atoms with E-state index in [1.807, 2.05) is 13.0 Å². The second-order valence-electron chi connectivity index (χ2n) is 8.31. The molecule has 4 rings (SSSR count). The number of carbonyl (C=O) groups excluding carboxylic acids is 1. The number of carbonyl (C=O) groups is 1. The summed E-state index contributed by atoms with van der Waals surface area (Å²) in [5, 5.41) is 3.63. The molecule has 1 aromatic heterocycles. The SMILES string of the molecule is COCCNC(=O)Cc1c(C)c2cc3c(cc2oc1=O)OC1(CCCCC1)CC3. The minimum Gasteiger partial charge on any atom is -0.487 e. The fraction of sp³-hybridized carbons (Fsp3) is 0.565. The average molecular weight is 399 g/mol. The maximum absolute atomic E-state index is 12.6. The maximum Gasteiger partial charge on any atom is 0.340 e. The maximum atomic E-state index is 12.6. The number of amides is 1. The Labute approximate surface area is 170 Å². The molecule has 2 aliphatic rings. The normalized spacial score (nSPS) is 17.7. The molecule has 0 unspecified atom stereocenters. The van der Waals surface area contributed by atoms with Gasteiger partial charge < -0.3 is 19.2 Å². The molecule has 1 aromatic carbocycles. The van der Waals surface area contributed by atoms with Crippen molar-refractivity contribution in [3.63, 3.8) is 0 Å². The van der Waals surface area contributed by atoms with E-state index in [0.717, 1.165) is 47.9 Å². The summed E-state index contributed by atoms with van der Waals surface area (Å²) in [6.45, 7) is 2.74. The van der Waals surface area contributed by atoms with E-state index in [4.69, 9.17) is 13.9 Å². The van der Waals surface area contributed by atoms with Gasteiger partial charge in [0.15, 0.2) is 0 Å². The molecular formula is C23H29NO5. The second kappa shape index (κ2) is 8.19. The summed E-state index contributed by atoms with van der Waals surface area (Å²) >= 11 is 0. The molecule has 1 aliphatic heterocycles. The molecule has 1 saturated carbocycles. The third-order valence-corrected chi connectivity index (χ3v) is 6.38. The van der Waals surface area contributed by atoms with Crippen molar-refractivity contribution in [1.29, 1.82) is 0 Å². The minimum atomic E-state index is -0.458. The zero-order chi connectivity index (χ0) is 20.4. The number of benzene rings is 1. The van der Waals surface area contributed by atoms with Crippen LogP contribution in [0.5, 0.6) is 5.75 Å². The number of hydrogen-bond acceptors (Lipinski definition) is 5. The summed E-state index contributed by atoms with van der Waals surface area (Å²) in [5.41, 5.74) is 2.39. The van der Waals surface area contributed by atoms with Crippen molar-refractivity contribution in [2.24, 2.45) is 0 Å². The standard InChI is InChI=1S/C23H29NO5/c1-15-17-12-16-6-9-23(7-4-3-5-8-23)29-19(16)14-20(17)28-22(26)18(15)13-21(25)24-10-11-27-2/h12,14H,3-11,13H2,1-2H3,(H,24,25). The highest BCUT2D eigenvalue weighted by Gasteiger charge is 2.37. The lowest BCUT2D eigenvalue weighted by molar-refractivity contribution is -0.120. The summed E-state index contributed by atoms with van der Waals surface area (Å²) in [6, 6.07) is 3.95. The van der Waals surface area contributed by atoms with Crippen LogP contribution in [0, 0.1) is 6.92 Å². The second-order valence-corrected chi connectivity index (χ2v) is 8.31. The lowest BCUT2D eigenvalue weighted by Gasteiger charge is -2.41. The number of ether oxygens (including phenoxy) is 2. The molecule has 0 atom stereocenters. The van der Waals surface area contributed by atoms with Crippen LogP contribution in [0.2, 0.25) is 0 Å². The van der Waals surface area contributed by atoms with Crippen LogP contribution in [0.4, 0.5) is 0 Å². The Morgan fingerprint density at radius 2 is 2.00 bits per heavy atom. The van der Waals surface area contributed by atoms with E-state index in [9.17, 15) is 9.59 Å². The van der Waals surface area contributed by atoms with Crippen LogP contribution < -0.4 is 15.7 Å². The molecule has 2 heterocycles. The van der Waals surface area contributed by atoms with Crippen LogP contribution in [0.3, 0.4) is 0 Å². The van der Waals surface area contributed by atoms with Gasteiger partial charge >= 0.3 is 5.63 Å². The molecule has 29 heavy (non-hydrogen) atoms. The quantitative estimate of drug-likeness (QED) is 0.616. The van der Waals surface area contributed by atoms with Crippen molar-refractivity contribution in [1.82, 2.24) is 5.32 Å². The molecule has 0 radical (unpaired) electrons. The number of rotatable bonds is 5. The smallest absolute Gasteiger partial charge is 0.340 e. The van der Waals surface area contributed by atoms with Crippen LogP contribution in [-0.2, 0) is 22.4 Å². The zero-order valence-corrected chi connectivity index (χ0v) is 17.3. The van der Waals surface area contributed by atoms with E-state index in [-0.39, 0.29) is 17.9 Å². The van der Waals surface area contributed by atoms with Gasteiger partial charge in [-0.1, -0.05) is 6.42 Å². The van der Waals surface area contributed by atoms with Crippen LogP contribution in [0.25, 0.3) is 11.0 Å². The molecule has 0 bridgehead atoms. The fourth-order valence-corrected chi connectivity index (χ4v) is 4.67. The van der Waals surface area contributed by atoms with Gasteiger partial charge in [0.1, 0.15) is 16.9 Å². The summed E-state index contributed by atoms with van der Waals surface area (Å²) in [5.74, 6) is 0.635. The summed E-state index contributed by atoms with van der Waals surface area (Å²) < 4.78 is 17.0. The molecule has 1 N–H and O–H groups in total. The van der Waals surface area contributed by atoms with Crippen LogP contribution in [-0.4, -0.2) is 31.8 Å². The highest BCUT2D eigenvalue weighted by Crippen LogP contribution is 2.43. The minimum absolute atomic E-state index is 0.00448. The Morgan fingerprint density at radius 3 is 2.76 bits per heavy atom. The van der Waals surface area contributed by atoms with Gasteiger partial charge in [0.2, 0.25) is 5.91 Å². The number of nitrogens with one attached hydrogen (secondary N) is 1. The third-order valence-electron chi connectivity index (χ3n) is 6.38. The predicted octanol–water partition coefficient (Wildman–Crippen LogP) is 3.43. The lowest BCUT2D eigenvalue weighted by Crippen LogP contribution is -2.41. The first kappa shape index (κ1) is 20.0. The van der Waals surface area contributed by atoms with Crippen LogP contribution >= 0.6 is 0 Å². The van der Waals surface area contributed by atoms with Crippen molar-refractivity contribution >= 4 is 16.9 Å². The molecule has 2 aromatic rings. The number of aryl methyl sites for hydroxylation is 2. The van der Waals surface area contributed by atoms with Crippen molar-refractivity contribution in [3.8, 4) is 5.75 Å². The number of hydrogen-bond donors (Lipinski definition) is 1. The molecule has 156 valence electrons. The van der Waals surface area contributed by atoms with Gasteiger partial charge in [-0.2, -0.15) is 0 Å². The lowest BCUT2D eigenvalue weighted by atomic mass is 9.79. The Hall–Kier alpha value is -2.34. The van der Waals surface area contributed by atoms with Crippen molar-refractivity contribution in [2.45, 2.75) is 63.9 Å². The van der Waals surface area contributed by atoms with Gasteiger partial charge in [0, 0.05) is 25.1 Å². The van der Waals surface area contributed by atoms with Crippen LogP contribution in [0.15, 0.2) is 21.3 Å². The predicted molar refractivity (Wildman–Crippen MR) is 111 cm³/mol. The first-order valence-electron chi connectivity index (χ1n) is 10.6. The topological polar surface area (TPSA) is 77.8 Å². The van der Waals surface area contributed by atoms with E-state index in [1.165, 1.54) is 19.3 Å². The number of methoxy groups -OCH3 is 1. The van der Waals surface area contributed by atoms with E-state index in [1.54, 1.807) is 7.11 Å². The highest BCUT2D eigenvalue weighted by atomic mass is 16.5. The monoisotopic (exact) mass is 399 g/mol. The molecule has 6 nitrogen and oxygen atoms in total. The summed E-state index contributed by atoms with van der Waals surface area (Å²) in [6.07, 6.45) is 7.93. The summed E-state index contributed by atoms with van der Waals surface area (Å²) in [7, 11) is 1.58. The molecule has 6 heteroatoms. The largest absolute Gasteiger partial charge is 0.487 e. The molecule has 1 aliphatic carbocycles. The van der Waals surface area contributed by atoms with E-state index in [0.29, 0.717) is 24.3 Å². The molecule has 1 amide bonds. The van der Waals surface area contributed by atoms with Gasteiger partial charge in [0.05, 0.1) is 18.6 Å². The average Bonchev–Trinajstić information content (AvgIpc) is 2.71. The molecule has 1 fully saturated rings. The first-order valence-corrected chi connectivity index (χ1v) is 10.6.